The first-order valence-corrected chi connectivity index (χ1v) is 5.07. The molecule has 82 valence electrons. The summed E-state index contributed by atoms with van der Waals surface area (Å²) < 4.78 is 0. The van der Waals surface area contributed by atoms with Crippen molar-refractivity contribution < 1.29 is 15.3 Å². The highest BCUT2D eigenvalue weighted by atomic mass is 16.3. The Morgan fingerprint density at radius 1 is 1.00 bits per heavy atom. The Morgan fingerprint density at radius 3 is 1.93 bits per heavy atom. The molecule has 0 amide bonds. The predicted octanol–water partition coefficient (Wildman–Crippen LogP) is 1.53. The first kappa shape index (κ1) is 10.1. The second-order valence-electron chi connectivity index (χ2n) is 4.22. The van der Waals surface area contributed by atoms with E-state index in [4.69, 9.17) is 5.73 Å². The van der Waals surface area contributed by atoms with Gasteiger partial charge in [0.2, 0.25) is 0 Å². The number of benzene rings is 1. The average molecular weight is 209 g/mol. The summed E-state index contributed by atoms with van der Waals surface area (Å²) in [6, 6.07) is 2.42. The lowest BCUT2D eigenvalue weighted by molar-refractivity contribution is 0.370. The van der Waals surface area contributed by atoms with E-state index in [1.54, 1.807) is 0 Å². The molecule has 0 atom stereocenters. The number of phenolic OH excluding ortho intramolecular Hbond substituents is 3. The molecule has 5 N–H and O–H groups in total. The van der Waals surface area contributed by atoms with Crippen LogP contribution >= 0.6 is 0 Å². The van der Waals surface area contributed by atoms with E-state index < -0.39 is 5.54 Å². The molecule has 0 aliphatic heterocycles. The van der Waals surface area contributed by atoms with Crippen LogP contribution in [0.2, 0.25) is 0 Å². The molecule has 1 saturated carbocycles. The summed E-state index contributed by atoms with van der Waals surface area (Å²) in [5, 5.41) is 28.6. The van der Waals surface area contributed by atoms with Gasteiger partial charge in [0.05, 0.1) is 5.56 Å². The van der Waals surface area contributed by atoms with Gasteiger partial charge in [-0.25, -0.2) is 0 Å². The average Bonchev–Trinajstić information content (AvgIpc) is 2.50. The van der Waals surface area contributed by atoms with Gasteiger partial charge in [0, 0.05) is 17.7 Å². The van der Waals surface area contributed by atoms with Gasteiger partial charge in [-0.2, -0.15) is 0 Å². The lowest BCUT2D eigenvalue weighted by Crippen LogP contribution is -2.33. The van der Waals surface area contributed by atoms with Crippen molar-refractivity contribution in [3.8, 4) is 17.2 Å². The van der Waals surface area contributed by atoms with E-state index in [9.17, 15) is 15.3 Å². The third-order valence-corrected chi connectivity index (χ3v) is 3.08. The molecule has 4 nitrogen and oxygen atoms in total. The van der Waals surface area contributed by atoms with E-state index in [2.05, 4.69) is 0 Å². The minimum Gasteiger partial charge on any atom is -0.508 e. The highest BCUT2D eigenvalue weighted by molar-refractivity contribution is 5.52. The van der Waals surface area contributed by atoms with Crippen LogP contribution in [0.25, 0.3) is 0 Å². The van der Waals surface area contributed by atoms with Gasteiger partial charge in [0.25, 0.3) is 0 Å². The van der Waals surface area contributed by atoms with Crippen LogP contribution in [-0.2, 0) is 5.54 Å². The minimum atomic E-state index is -0.651. The van der Waals surface area contributed by atoms with Gasteiger partial charge in [-0.15, -0.1) is 0 Å². The van der Waals surface area contributed by atoms with Gasteiger partial charge in [0.1, 0.15) is 17.2 Å². The number of rotatable bonds is 1. The van der Waals surface area contributed by atoms with Crippen LogP contribution < -0.4 is 5.73 Å². The van der Waals surface area contributed by atoms with Gasteiger partial charge in [-0.1, -0.05) is 12.8 Å². The molecular formula is C11H15NO3. The van der Waals surface area contributed by atoms with Gasteiger partial charge < -0.3 is 21.1 Å². The molecule has 1 aliphatic carbocycles. The van der Waals surface area contributed by atoms with E-state index in [-0.39, 0.29) is 17.2 Å². The van der Waals surface area contributed by atoms with Crippen molar-refractivity contribution in [1.82, 2.24) is 0 Å². The molecule has 0 spiro atoms. The third-order valence-electron chi connectivity index (χ3n) is 3.08. The highest BCUT2D eigenvalue weighted by Gasteiger charge is 2.36. The van der Waals surface area contributed by atoms with Crippen molar-refractivity contribution in [3.63, 3.8) is 0 Å². The Labute approximate surface area is 88.0 Å². The van der Waals surface area contributed by atoms with Gasteiger partial charge in [-0.05, 0) is 12.8 Å². The van der Waals surface area contributed by atoms with Crippen LogP contribution in [0.5, 0.6) is 17.2 Å². The summed E-state index contributed by atoms with van der Waals surface area (Å²) in [6.45, 7) is 0. The van der Waals surface area contributed by atoms with Gasteiger partial charge in [-0.3, -0.25) is 0 Å². The van der Waals surface area contributed by atoms with Crippen molar-refractivity contribution in [3.05, 3.63) is 17.7 Å². The zero-order valence-corrected chi connectivity index (χ0v) is 8.40. The molecule has 0 heterocycles. The molecule has 0 aromatic heterocycles. The molecule has 1 fully saturated rings. The second kappa shape index (κ2) is 3.31. The summed E-state index contributed by atoms with van der Waals surface area (Å²) >= 11 is 0. The Balaban J connectivity index is 2.52. The van der Waals surface area contributed by atoms with E-state index in [1.807, 2.05) is 0 Å². The first-order valence-electron chi connectivity index (χ1n) is 5.07. The van der Waals surface area contributed by atoms with E-state index in [1.165, 1.54) is 12.1 Å². The van der Waals surface area contributed by atoms with Crippen LogP contribution in [0.3, 0.4) is 0 Å². The largest absolute Gasteiger partial charge is 0.508 e. The zero-order chi connectivity index (χ0) is 11.1. The molecule has 1 aliphatic rings. The monoisotopic (exact) mass is 209 g/mol. The summed E-state index contributed by atoms with van der Waals surface area (Å²) in [5.74, 6) is -0.413. The van der Waals surface area contributed by atoms with Crippen molar-refractivity contribution in [2.75, 3.05) is 0 Å². The lowest BCUT2D eigenvalue weighted by Gasteiger charge is -2.25. The number of nitrogens with two attached hydrogens (primary N) is 1. The quantitative estimate of drug-likeness (QED) is 0.565. The molecular weight excluding hydrogens is 194 g/mol. The molecule has 15 heavy (non-hydrogen) atoms. The van der Waals surface area contributed by atoms with Crippen molar-refractivity contribution in [2.24, 2.45) is 5.73 Å². The van der Waals surface area contributed by atoms with Crippen LogP contribution in [0.1, 0.15) is 31.2 Å². The molecule has 0 saturated heterocycles. The zero-order valence-electron chi connectivity index (χ0n) is 8.40. The van der Waals surface area contributed by atoms with Crippen LogP contribution in [0.15, 0.2) is 12.1 Å². The lowest BCUT2D eigenvalue weighted by atomic mass is 9.88. The van der Waals surface area contributed by atoms with E-state index in [0.717, 1.165) is 25.7 Å². The van der Waals surface area contributed by atoms with Crippen LogP contribution in [0.4, 0.5) is 0 Å². The standard InChI is InChI=1S/C11H15NO3/c12-11(3-1-2-4-11)10-8(14)5-7(13)6-9(10)15/h5-6,13-15H,1-4,12H2. The Kier molecular flexibility index (Phi) is 2.23. The summed E-state index contributed by atoms with van der Waals surface area (Å²) in [5.41, 5.74) is 5.84. The first-order chi connectivity index (χ1) is 7.03. The summed E-state index contributed by atoms with van der Waals surface area (Å²) in [7, 11) is 0. The fourth-order valence-corrected chi connectivity index (χ4v) is 2.36. The second-order valence-corrected chi connectivity index (χ2v) is 4.22. The Morgan fingerprint density at radius 2 is 1.47 bits per heavy atom. The molecule has 1 aromatic carbocycles. The minimum absolute atomic E-state index is 0.128. The Bertz CT molecular complexity index is 360. The number of aromatic hydroxyl groups is 3. The highest BCUT2D eigenvalue weighted by Crippen LogP contribution is 2.45. The SMILES string of the molecule is NC1(c2c(O)cc(O)cc2O)CCCC1. The van der Waals surface area contributed by atoms with Crippen molar-refractivity contribution in [1.29, 1.82) is 0 Å². The maximum absolute atomic E-state index is 9.70. The molecule has 0 bridgehead atoms. The summed E-state index contributed by atoms with van der Waals surface area (Å²) in [6.07, 6.45) is 3.49. The number of hydrogen-bond acceptors (Lipinski definition) is 4. The Hall–Kier alpha value is -1.42. The maximum Gasteiger partial charge on any atom is 0.128 e. The summed E-state index contributed by atoms with van der Waals surface area (Å²) in [4.78, 5) is 0. The fraction of sp³-hybridized carbons (Fsp3) is 0.455. The van der Waals surface area contributed by atoms with Gasteiger partial charge in [0.15, 0.2) is 0 Å². The molecule has 0 unspecified atom stereocenters. The topological polar surface area (TPSA) is 86.7 Å². The predicted molar refractivity (Wildman–Crippen MR) is 55.8 cm³/mol. The molecule has 1 aromatic rings. The smallest absolute Gasteiger partial charge is 0.128 e. The van der Waals surface area contributed by atoms with E-state index in [0.29, 0.717) is 5.56 Å². The van der Waals surface area contributed by atoms with Crippen molar-refractivity contribution >= 4 is 0 Å². The fourth-order valence-electron chi connectivity index (χ4n) is 2.36. The number of phenols is 3. The van der Waals surface area contributed by atoms with Crippen LogP contribution in [-0.4, -0.2) is 15.3 Å². The number of hydrogen-bond donors (Lipinski definition) is 4. The maximum atomic E-state index is 9.70. The third kappa shape index (κ3) is 1.61. The van der Waals surface area contributed by atoms with E-state index >= 15 is 0 Å². The van der Waals surface area contributed by atoms with Gasteiger partial charge >= 0.3 is 0 Å². The molecule has 4 heteroatoms. The van der Waals surface area contributed by atoms with Crippen molar-refractivity contribution in [2.45, 2.75) is 31.2 Å². The molecule has 0 radical (unpaired) electrons. The normalized spacial score (nSPS) is 19.3. The molecule has 2 rings (SSSR count). The van der Waals surface area contributed by atoms with Crippen LogP contribution in [0, 0.1) is 0 Å².